The minimum Gasteiger partial charge on any atom is -0.496 e. The van der Waals surface area contributed by atoms with Crippen LogP contribution in [0, 0.1) is 23.1 Å². The molecule has 1 aromatic heterocycles. The van der Waals surface area contributed by atoms with E-state index in [0.29, 0.717) is 17.7 Å². The maximum absolute atomic E-state index is 14.0. The Morgan fingerprint density at radius 1 is 1.40 bits per heavy atom. The van der Waals surface area contributed by atoms with Gasteiger partial charge in [-0.3, -0.25) is 4.79 Å². The topological polar surface area (TPSA) is 82.6 Å². The standard InChI is InChI=1S/C18H19FN2O4/c1-18(2)9-7-21(15(13(9)18)17(23)24)16(22)11-6-8-12(25-3)5-4-10(19)14(8)20-11/h4-6,9,13,15,20H,7H2,1-3H3,(H,23,24)/t9-,13-,15-/m0/s1. The fourth-order valence-corrected chi connectivity index (χ4v) is 4.38. The third-order valence-electron chi connectivity index (χ3n) is 5.88. The molecule has 2 aromatic rings. The largest absolute Gasteiger partial charge is 0.496 e. The highest BCUT2D eigenvalue weighted by Gasteiger charge is 2.69. The van der Waals surface area contributed by atoms with E-state index in [1.54, 1.807) is 0 Å². The lowest BCUT2D eigenvalue weighted by molar-refractivity contribution is -0.142. The lowest BCUT2D eigenvalue weighted by atomic mass is 10.0. The first-order valence-electron chi connectivity index (χ1n) is 8.16. The number of rotatable bonds is 3. The number of methoxy groups -OCH3 is 1. The van der Waals surface area contributed by atoms with Crippen molar-refractivity contribution in [3.63, 3.8) is 0 Å². The molecule has 6 nitrogen and oxygen atoms in total. The van der Waals surface area contributed by atoms with Crippen LogP contribution >= 0.6 is 0 Å². The zero-order valence-corrected chi connectivity index (χ0v) is 14.2. The predicted octanol–water partition coefficient (Wildman–Crippen LogP) is 2.50. The molecule has 2 aliphatic rings. The number of ether oxygens (including phenoxy) is 1. The number of benzene rings is 1. The van der Waals surface area contributed by atoms with Gasteiger partial charge in [-0.05, 0) is 29.5 Å². The Kier molecular flexibility index (Phi) is 3.17. The van der Waals surface area contributed by atoms with Crippen molar-refractivity contribution in [1.82, 2.24) is 9.88 Å². The van der Waals surface area contributed by atoms with E-state index in [-0.39, 0.29) is 28.5 Å². The van der Waals surface area contributed by atoms with Gasteiger partial charge < -0.3 is 19.7 Å². The lowest BCUT2D eigenvalue weighted by Gasteiger charge is -2.27. The van der Waals surface area contributed by atoms with Crippen LogP contribution in [0.3, 0.4) is 0 Å². The van der Waals surface area contributed by atoms with Crippen LogP contribution in [0.15, 0.2) is 18.2 Å². The number of aromatic nitrogens is 1. The number of likely N-dealkylation sites (tertiary alicyclic amines) is 1. The van der Waals surface area contributed by atoms with E-state index < -0.39 is 23.7 Å². The number of H-pyrrole nitrogens is 1. The molecule has 0 bridgehead atoms. The van der Waals surface area contributed by atoms with Gasteiger partial charge in [-0.25, -0.2) is 9.18 Å². The second-order valence-corrected chi connectivity index (χ2v) is 7.42. The summed E-state index contributed by atoms with van der Waals surface area (Å²) in [5, 5.41) is 10.1. The van der Waals surface area contributed by atoms with Crippen molar-refractivity contribution < 1.29 is 23.8 Å². The van der Waals surface area contributed by atoms with Crippen molar-refractivity contribution in [2.75, 3.05) is 13.7 Å². The van der Waals surface area contributed by atoms with Crippen molar-refractivity contribution in [2.24, 2.45) is 17.3 Å². The van der Waals surface area contributed by atoms with E-state index in [2.05, 4.69) is 4.98 Å². The number of aliphatic carboxylic acids is 1. The van der Waals surface area contributed by atoms with Crippen LogP contribution in [-0.4, -0.2) is 46.6 Å². The summed E-state index contributed by atoms with van der Waals surface area (Å²) in [5.41, 5.74) is 0.290. The summed E-state index contributed by atoms with van der Waals surface area (Å²) in [4.78, 5) is 28.8. The first-order valence-corrected chi connectivity index (χ1v) is 8.16. The van der Waals surface area contributed by atoms with Gasteiger partial charge in [-0.2, -0.15) is 0 Å². The Bertz CT molecular complexity index is 904. The molecule has 25 heavy (non-hydrogen) atoms. The molecule has 1 aliphatic heterocycles. The number of nitrogens with one attached hydrogen (secondary N) is 1. The molecule has 0 spiro atoms. The Balaban J connectivity index is 1.71. The number of aromatic amines is 1. The minimum absolute atomic E-state index is 0.0374. The van der Waals surface area contributed by atoms with Gasteiger partial charge in [0.2, 0.25) is 0 Å². The minimum atomic E-state index is -0.994. The number of halogens is 1. The Hall–Kier alpha value is -2.57. The SMILES string of the molecule is COc1ccc(F)c2[nH]c(C(=O)N3C[C@H]4[C@@H]([C@H]3C(=O)O)C4(C)C)cc12. The van der Waals surface area contributed by atoms with E-state index in [4.69, 9.17) is 4.74 Å². The first kappa shape index (κ1) is 15.9. The Labute approximate surface area is 143 Å². The highest BCUT2D eigenvalue weighted by molar-refractivity contribution is 6.01. The molecule has 3 atom stereocenters. The monoisotopic (exact) mass is 346 g/mol. The van der Waals surface area contributed by atoms with Gasteiger partial charge in [0, 0.05) is 17.8 Å². The third kappa shape index (κ3) is 2.08. The normalized spacial score (nSPS) is 26.6. The number of amides is 1. The molecule has 4 rings (SSSR count). The highest BCUT2D eigenvalue weighted by atomic mass is 19.1. The summed E-state index contributed by atoms with van der Waals surface area (Å²) in [6, 6.07) is 3.44. The number of carbonyl (C=O) groups excluding carboxylic acids is 1. The quantitative estimate of drug-likeness (QED) is 0.894. The number of carbonyl (C=O) groups is 2. The zero-order valence-electron chi connectivity index (χ0n) is 14.2. The number of fused-ring (bicyclic) bond motifs is 2. The van der Waals surface area contributed by atoms with E-state index >= 15 is 0 Å². The molecule has 2 heterocycles. The molecule has 1 amide bonds. The summed E-state index contributed by atoms with van der Waals surface area (Å²) in [6.45, 7) is 4.47. The maximum atomic E-state index is 14.0. The third-order valence-corrected chi connectivity index (χ3v) is 5.88. The second-order valence-electron chi connectivity index (χ2n) is 7.42. The van der Waals surface area contributed by atoms with Gasteiger partial charge in [0.1, 0.15) is 23.3 Å². The van der Waals surface area contributed by atoms with Crippen LogP contribution < -0.4 is 4.74 Å². The molecule has 1 aliphatic carbocycles. The number of carboxylic acid groups (broad SMARTS) is 1. The van der Waals surface area contributed by atoms with E-state index in [1.807, 2.05) is 13.8 Å². The van der Waals surface area contributed by atoms with Crippen molar-refractivity contribution in [1.29, 1.82) is 0 Å². The van der Waals surface area contributed by atoms with Crippen LogP contribution in [0.4, 0.5) is 4.39 Å². The first-order chi connectivity index (χ1) is 11.8. The van der Waals surface area contributed by atoms with Crippen molar-refractivity contribution in [2.45, 2.75) is 19.9 Å². The summed E-state index contributed by atoms with van der Waals surface area (Å²) < 4.78 is 19.2. The lowest BCUT2D eigenvalue weighted by Crippen LogP contribution is -2.45. The van der Waals surface area contributed by atoms with Crippen LogP contribution in [0.25, 0.3) is 10.9 Å². The molecular weight excluding hydrogens is 327 g/mol. The molecule has 2 N–H and O–H groups in total. The second kappa shape index (κ2) is 4.97. The molecule has 1 aromatic carbocycles. The average Bonchev–Trinajstić information content (AvgIpc) is 2.98. The van der Waals surface area contributed by atoms with Gasteiger partial charge in [0.15, 0.2) is 0 Å². The molecular formula is C18H19FN2O4. The van der Waals surface area contributed by atoms with Crippen molar-refractivity contribution >= 4 is 22.8 Å². The average molecular weight is 346 g/mol. The molecule has 132 valence electrons. The number of carboxylic acids is 1. The molecule has 1 saturated carbocycles. The Morgan fingerprint density at radius 2 is 2.12 bits per heavy atom. The van der Waals surface area contributed by atoms with Gasteiger partial charge >= 0.3 is 5.97 Å². The van der Waals surface area contributed by atoms with Crippen molar-refractivity contribution in [3.05, 3.63) is 29.7 Å². The van der Waals surface area contributed by atoms with Gasteiger partial charge in [0.25, 0.3) is 5.91 Å². The fourth-order valence-electron chi connectivity index (χ4n) is 4.38. The molecule has 2 fully saturated rings. The fraction of sp³-hybridized carbons (Fsp3) is 0.444. The number of hydrogen-bond donors (Lipinski definition) is 2. The van der Waals surface area contributed by atoms with Crippen LogP contribution in [0.1, 0.15) is 24.3 Å². The Morgan fingerprint density at radius 3 is 2.76 bits per heavy atom. The summed E-state index contributed by atoms with van der Waals surface area (Å²) in [6.07, 6.45) is 0. The van der Waals surface area contributed by atoms with Gasteiger partial charge in [-0.15, -0.1) is 0 Å². The number of piperidine rings is 1. The van der Waals surface area contributed by atoms with E-state index in [9.17, 15) is 19.1 Å². The van der Waals surface area contributed by atoms with Crippen LogP contribution in [0.5, 0.6) is 5.75 Å². The van der Waals surface area contributed by atoms with Gasteiger partial charge in [0.05, 0.1) is 12.6 Å². The molecule has 0 radical (unpaired) electrons. The molecule has 7 heteroatoms. The summed E-state index contributed by atoms with van der Waals surface area (Å²) in [7, 11) is 1.47. The van der Waals surface area contributed by atoms with Crippen LogP contribution in [0.2, 0.25) is 0 Å². The predicted molar refractivity (Wildman–Crippen MR) is 88.0 cm³/mol. The molecule has 1 saturated heterocycles. The van der Waals surface area contributed by atoms with Crippen molar-refractivity contribution in [3.8, 4) is 5.75 Å². The number of hydrogen-bond acceptors (Lipinski definition) is 3. The van der Waals surface area contributed by atoms with Gasteiger partial charge in [-0.1, -0.05) is 13.8 Å². The van der Waals surface area contributed by atoms with E-state index in [1.165, 1.54) is 30.2 Å². The summed E-state index contributed by atoms with van der Waals surface area (Å²) in [5.74, 6) is -1.31. The highest BCUT2D eigenvalue weighted by Crippen LogP contribution is 2.64. The maximum Gasteiger partial charge on any atom is 0.326 e. The van der Waals surface area contributed by atoms with E-state index in [0.717, 1.165) is 0 Å². The number of nitrogens with zero attached hydrogens (tertiary/aromatic N) is 1. The zero-order chi connectivity index (χ0) is 18.1. The summed E-state index contributed by atoms with van der Waals surface area (Å²) >= 11 is 0. The smallest absolute Gasteiger partial charge is 0.326 e. The van der Waals surface area contributed by atoms with Crippen LogP contribution in [-0.2, 0) is 4.79 Å². The molecule has 0 unspecified atom stereocenters.